The van der Waals surface area contributed by atoms with Gasteiger partial charge in [-0.05, 0) is 49.5 Å². The normalized spacial score (nSPS) is 10.9. The Kier molecular flexibility index (Phi) is 6.24. The van der Waals surface area contributed by atoms with Crippen LogP contribution in [0.3, 0.4) is 0 Å². The number of nitrogens with zero attached hydrogens (tertiary/aromatic N) is 3. The Hall–Kier alpha value is -2.27. The van der Waals surface area contributed by atoms with Crippen LogP contribution in [0.5, 0.6) is 5.75 Å². The lowest BCUT2D eigenvalue weighted by Crippen LogP contribution is -2.13. The minimum absolute atomic E-state index is 0.133. The van der Waals surface area contributed by atoms with Crippen molar-refractivity contribution in [3.05, 3.63) is 52.5 Å². The van der Waals surface area contributed by atoms with Crippen molar-refractivity contribution >= 4 is 67.9 Å². The van der Waals surface area contributed by atoms with E-state index in [0.29, 0.717) is 15.7 Å². The van der Waals surface area contributed by atoms with E-state index in [1.807, 2.05) is 55.5 Å². The van der Waals surface area contributed by atoms with Crippen LogP contribution in [0.1, 0.15) is 6.92 Å². The molecule has 0 saturated heterocycles. The maximum Gasteiger partial charge on any atom is 0.236 e. The molecule has 1 amide bonds. The van der Waals surface area contributed by atoms with Crippen LogP contribution in [0.2, 0.25) is 0 Å². The first kappa shape index (κ1) is 20.0. The SMILES string of the molecule is CCOc1ccc2nc(NC(=O)CSc3nn(-c4ccccc4)c(=S)s3)sc2c1. The van der Waals surface area contributed by atoms with Gasteiger partial charge in [-0.1, -0.05) is 52.6 Å². The molecule has 4 rings (SSSR count). The van der Waals surface area contributed by atoms with E-state index >= 15 is 0 Å². The highest BCUT2D eigenvalue weighted by molar-refractivity contribution is 8.01. The largest absolute Gasteiger partial charge is 0.494 e. The molecule has 0 fully saturated rings. The molecule has 1 N–H and O–H groups in total. The van der Waals surface area contributed by atoms with Crippen LogP contribution in [0.4, 0.5) is 5.13 Å². The van der Waals surface area contributed by atoms with E-state index in [9.17, 15) is 4.79 Å². The van der Waals surface area contributed by atoms with Gasteiger partial charge in [0.2, 0.25) is 5.91 Å². The van der Waals surface area contributed by atoms with Gasteiger partial charge < -0.3 is 10.1 Å². The zero-order chi connectivity index (χ0) is 20.2. The predicted octanol–water partition coefficient (Wildman–Crippen LogP) is 5.40. The van der Waals surface area contributed by atoms with E-state index in [-0.39, 0.29) is 11.7 Å². The molecule has 0 aliphatic rings. The van der Waals surface area contributed by atoms with Crippen molar-refractivity contribution in [3.63, 3.8) is 0 Å². The number of ether oxygens (including phenoxy) is 1. The molecule has 0 saturated carbocycles. The average molecular weight is 461 g/mol. The van der Waals surface area contributed by atoms with E-state index in [4.69, 9.17) is 17.0 Å². The number of thiazole rings is 1. The van der Waals surface area contributed by atoms with Gasteiger partial charge in [-0.2, -0.15) is 0 Å². The minimum Gasteiger partial charge on any atom is -0.494 e. The molecule has 0 aliphatic heterocycles. The molecule has 4 aromatic rings. The summed E-state index contributed by atoms with van der Waals surface area (Å²) in [6.45, 7) is 2.55. The zero-order valence-electron chi connectivity index (χ0n) is 15.3. The molecule has 2 heterocycles. The topological polar surface area (TPSA) is 69.0 Å². The predicted molar refractivity (Wildman–Crippen MR) is 122 cm³/mol. The van der Waals surface area contributed by atoms with Crippen molar-refractivity contribution < 1.29 is 9.53 Å². The van der Waals surface area contributed by atoms with Crippen molar-refractivity contribution in [1.82, 2.24) is 14.8 Å². The Bertz CT molecular complexity index is 1200. The smallest absolute Gasteiger partial charge is 0.236 e. The molecule has 2 aromatic heterocycles. The monoisotopic (exact) mass is 460 g/mol. The Balaban J connectivity index is 1.39. The summed E-state index contributed by atoms with van der Waals surface area (Å²) < 4.78 is 9.59. The third kappa shape index (κ3) is 4.84. The first-order chi connectivity index (χ1) is 14.1. The molecule has 0 atom stereocenters. The van der Waals surface area contributed by atoms with Crippen LogP contribution in [-0.4, -0.2) is 33.0 Å². The number of carbonyl (C=O) groups excluding carboxylic acids is 1. The van der Waals surface area contributed by atoms with Crippen LogP contribution in [0, 0.1) is 3.95 Å². The Labute approximate surface area is 184 Å². The van der Waals surface area contributed by atoms with Gasteiger partial charge in [-0.15, -0.1) is 5.10 Å². The number of anilines is 1. The fraction of sp³-hybridized carbons (Fsp3) is 0.158. The van der Waals surface area contributed by atoms with Crippen molar-refractivity contribution in [3.8, 4) is 11.4 Å². The lowest BCUT2D eigenvalue weighted by atomic mass is 10.3. The van der Waals surface area contributed by atoms with E-state index in [0.717, 1.165) is 26.0 Å². The van der Waals surface area contributed by atoms with Crippen LogP contribution in [-0.2, 0) is 4.79 Å². The second kappa shape index (κ2) is 9.04. The van der Waals surface area contributed by atoms with Gasteiger partial charge >= 0.3 is 0 Å². The summed E-state index contributed by atoms with van der Waals surface area (Å²) in [6.07, 6.45) is 0. The summed E-state index contributed by atoms with van der Waals surface area (Å²) in [4.78, 5) is 16.8. The number of hydrogen-bond acceptors (Lipinski definition) is 8. The third-order valence-electron chi connectivity index (χ3n) is 3.77. The third-order valence-corrected chi connectivity index (χ3v) is 7.07. The summed E-state index contributed by atoms with van der Waals surface area (Å²) >= 11 is 9.57. The lowest BCUT2D eigenvalue weighted by Gasteiger charge is -2.00. The fourth-order valence-electron chi connectivity index (χ4n) is 2.55. The fourth-order valence-corrected chi connectivity index (χ4v) is 5.62. The summed E-state index contributed by atoms with van der Waals surface area (Å²) in [5.41, 5.74) is 1.74. The maximum atomic E-state index is 12.3. The molecule has 0 aliphatic carbocycles. The van der Waals surface area contributed by atoms with Gasteiger partial charge in [0, 0.05) is 0 Å². The second-order valence-corrected chi connectivity index (χ2v) is 9.68. The molecule has 0 unspecified atom stereocenters. The molecule has 29 heavy (non-hydrogen) atoms. The van der Waals surface area contributed by atoms with Crippen LogP contribution in [0.25, 0.3) is 15.9 Å². The Morgan fingerprint density at radius 1 is 1.24 bits per heavy atom. The molecule has 148 valence electrons. The lowest BCUT2D eigenvalue weighted by molar-refractivity contribution is -0.113. The number of para-hydroxylation sites is 1. The molecule has 6 nitrogen and oxygen atoms in total. The van der Waals surface area contributed by atoms with E-state index in [2.05, 4.69) is 15.4 Å². The minimum atomic E-state index is -0.133. The van der Waals surface area contributed by atoms with Crippen LogP contribution in [0.15, 0.2) is 52.9 Å². The van der Waals surface area contributed by atoms with Gasteiger partial charge in [0.15, 0.2) is 13.4 Å². The highest BCUT2D eigenvalue weighted by atomic mass is 32.2. The molecule has 2 aromatic carbocycles. The Morgan fingerprint density at radius 3 is 2.86 bits per heavy atom. The van der Waals surface area contributed by atoms with E-state index < -0.39 is 0 Å². The summed E-state index contributed by atoms with van der Waals surface area (Å²) in [5, 5.41) is 7.94. The average Bonchev–Trinajstić information content (AvgIpc) is 3.29. The highest BCUT2D eigenvalue weighted by Gasteiger charge is 2.12. The number of fused-ring (bicyclic) bond motifs is 1. The number of rotatable bonds is 7. The first-order valence-corrected chi connectivity index (χ1v) is 11.8. The standard InChI is InChI=1S/C19H16N4O2S4/c1-2-25-13-8-9-14-15(10-13)28-17(20-14)21-16(24)11-27-18-22-23(19(26)29-18)12-6-4-3-5-7-12/h3-10H,2,11H2,1H3,(H,20,21,24). The molecule has 10 heteroatoms. The van der Waals surface area contributed by atoms with Gasteiger partial charge in [0.1, 0.15) is 5.75 Å². The number of carbonyl (C=O) groups is 1. The number of hydrogen-bond donors (Lipinski definition) is 1. The quantitative estimate of drug-likeness (QED) is 0.294. The second-order valence-electron chi connectivity index (χ2n) is 5.80. The van der Waals surface area contributed by atoms with Crippen molar-refractivity contribution in [1.29, 1.82) is 0 Å². The van der Waals surface area contributed by atoms with Gasteiger partial charge in [0.25, 0.3) is 0 Å². The molecule has 0 bridgehead atoms. The number of amides is 1. The number of aromatic nitrogens is 3. The number of thioether (sulfide) groups is 1. The molecular weight excluding hydrogens is 445 g/mol. The molecule has 0 spiro atoms. The van der Waals surface area contributed by atoms with E-state index in [1.165, 1.54) is 34.4 Å². The summed E-state index contributed by atoms with van der Waals surface area (Å²) in [6, 6.07) is 15.4. The first-order valence-electron chi connectivity index (χ1n) is 8.74. The van der Waals surface area contributed by atoms with Crippen LogP contribution < -0.4 is 10.1 Å². The molecule has 0 radical (unpaired) electrons. The summed E-state index contributed by atoms with van der Waals surface area (Å²) in [5.74, 6) is 0.899. The number of benzene rings is 2. The van der Waals surface area contributed by atoms with Crippen LogP contribution >= 0.6 is 46.7 Å². The van der Waals surface area contributed by atoms with Crippen molar-refractivity contribution in [2.45, 2.75) is 11.3 Å². The van der Waals surface area contributed by atoms with Gasteiger partial charge in [-0.25, -0.2) is 9.67 Å². The Morgan fingerprint density at radius 2 is 2.07 bits per heavy atom. The van der Waals surface area contributed by atoms with Gasteiger partial charge in [-0.3, -0.25) is 4.79 Å². The van der Waals surface area contributed by atoms with Gasteiger partial charge in [0.05, 0.1) is 28.3 Å². The maximum absolute atomic E-state index is 12.3. The van der Waals surface area contributed by atoms with E-state index in [1.54, 1.807) is 4.68 Å². The highest BCUT2D eigenvalue weighted by Crippen LogP contribution is 2.30. The number of nitrogens with one attached hydrogen (secondary N) is 1. The van der Waals surface area contributed by atoms with Crippen molar-refractivity contribution in [2.75, 3.05) is 17.7 Å². The molecular formula is C19H16N4O2S4. The van der Waals surface area contributed by atoms with Crippen molar-refractivity contribution in [2.24, 2.45) is 0 Å². The zero-order valence-corrected chi connectivity index (χ0v) is 18.6. The summed E-state index contributed by atoms with van der Waals surface area (Å²) in [7, 11) is 0.